The molecule has 0 bridgehead atoms. The van der Waals surface area contributed by atoms with Crippen LogP contribution in [0.2, 0.25) is 0 Å². The highest BCUT2D eigenvalue weighted by molar-refractivity contribution is 5.91. The number of nitrogens with two attached hydrogens (primary N) is 2. The molecule has 0 aliphatic carbocycles. The Morgan fingerprint density at radius 3 is 2.58 bits per heavy atom. The molecule has 0 radical (unpaired) electrons. The van der Waals surface area contributed by atoms with E-state index >= 15 is 0 Å². The molecule has 0 aromatic heterocycles. The van der Waals surface area contributed by atoms with E-state index < -0.39 is 0 Å². The first kappa shape index (κ1) is 26.4. The Hall–Kier alpha value is -2.64. The van der Waals surface area contributed by atoms with Crippen molar-refractivity contribution in [2.24, 2.45) is 22.5 Å². The Bertz CT molecular complexity index is 756. The van der Waals surface area contributed by atoms with Crippen molar-refractivity contribution in [3.63, 3.8) is 0 Å². The molecule has 1 aromatic rings. The fraction of sp³-hybridized carbons (Fsp3) is 0.500. The topological polar surface area (TPSA) is 118 Å². The van der Waals surface area contributed by atoms with Crippen molar-refractivity contribution in [2.45, 2.75) is 58.9 Å². The van der Waals surface area contributed by atoms with Crippen molar-refractivity contribution in [1.29, 1.82) is 0 Å². The number of benzene rings is 1. The summed E-state index contributed by atoms with van der Waals surface area (Å²) >= 11 is 0. The number of anilines is 2. The number of hydrogen-bond acceptors (Lipinski definition) is 6. The molecule has 0 aliphatic heterocycles. The molecule has 172 valence electrons. The predicted molar refractivity (Wildman–Crippen MR) is 134 cm³/mol. The summed E-state index contributed by atoms with van der Waals surface area (Å²) in [6.45, 7) is 14.9. The van der Waals surface area contributed by atoms with E-state index in [4.69, 9.17) is 11.5 Å². The standard InChI is InChI=1S/C24H40N6O/c1-6-8-22(30-27-5)21(12-9-18(4)26)17(3)16-28-23-15-20(11-10-19(23)7-2)29-24(31)13-14-25/h7,10-11,15,17-18,28,30H,2,5-6,8-9,12-14,16,25-26H2,1,3-4H3,(H,29,31)/b22-21-. The van der Waals surface area contributed by atoms with E-state index in [-0.39, 0.29) is 17.9 Å². The molecule has 2 atom stereocenters. The highest BCUT2D eigenvalue weighted by atomic mass is 16.1. The maximum absolute atomic E-state index is 11.9. The van der Waals surface area contributed by atoms with Gasteiger partial charge >= 0.3 is 0 Å². The first-order valence-electron chi connectivity index (χ1n) is 11.1. The Kier molecular flexibility index (Phi) is 12.2. The highest BCUT2D eigenvalue weighted by Crippen LogP contribution is 2.26. The summed E-state index contributed by atoms with van der Waals surface area (Å²) < 4.78 is 0. The molecule has 0 saturated carbocycles. The van der Waals surface area contributed by atoms with Gasteiger partial charge in [-0.25, -0.2) is 0 Å². The number of rotatable bonds is 15. The number of nitrogens with zero attached hydrogens (tertiary/aromatic N) is 1. The minimum absolute atomic E-state index is 0.0958. The highest BCUT2D eigenvalue weighted by Gasteiger charge is 2.16. The van der Waals surface area contributed by atoms with Crippen molar-refractivity contribution >= 4 is 30.1 Å². The lowest BCUT2D eigenvalue weighted by molar-refractivity contribution is -0.116. The number of hydrogen-bond donors (Lipinski definition) is 5. The fourth-order valence-electron chi connectivity index (χ4n) is 3.42. The monoisotopic (exact) mass is 428 g/mol. The van der Waals surface area contributed by atoms with Crippen molar-refractivity contribution in [2.75, 3.05) is 23.7 Å². The first-order valence-corrected chi connectivity index (χ1v) is 11.1. The maximum atomic E-state index is 11.9. The first-order chi connectivity index (χ1) is 14.9. The van der Waals surface area contributed by atoms with Gasteiger partial charge in [0.05, 0.1) is 0 Å². The average molecular weight is 429 g/mol. The van der Waals surface area contributed by atoms with Crippen molar-refractivity contribution in [1.82, 2.24) is 5.43 Å². The minimum Gasteiger partial charge on any atom is -0.384 e. The molecule has 1 rings (SSSR count). The van der Waals surface area contributed by atoms with Crippen LogP contribution in [0, 0.1) is 5.92 Å². The Labute approximate surface area is 187 Å². The summed E-state index contributed by atoms with van der Waals surface area (Å²) in [5.74, 6) is 0.157. The molecule has 7 heteroatoms. The summed E-state index contributed by atoms with van der Waals surface area (Å²) in [6, 6.07) is 5.87. The normalized spacial score (nSPS) is 13.6. The SMILES string of the molecule is C=Cc1ccc(NC(=O)CCN)cc1NCC(C)/C(CCC(C)N)=C(/CCC)NN=C. The molecular weight excluding hydrogens is 388 g/mol. The van der Waals surface area contributed by atoms with Crippen molar-refractivity contribution in [3.05, 3.63) is 41.6 Å². The quantitative estimate of drug-likeness (QED) is 0.213. The van der Waals surface area contributed by atoms with E-state index in [0.717, 1.165) is 54.9 Å². The summed E-state index contributed by atoms with van der Waals surface area (Å²) in [7, 11) is 0. The molecule has 0 aliphatic rings. The molecule has 7 N–H and O–H groups in total. The lowest BCUT2D eigenvalue weighted by Gasteiger charge is -2.23. The van der Waals surface area contributed by atoms with Gasteiger partial charge in [0.2, 0.25) is 5.91 Å². The molecule has 0 fully saturated rings. The number of nitrogens with one attached hydrogen (secondary N) is 3. The van der Waals surface area contributed by atoms with E-state index in [9.17, 15) is 4.79 Å². The molecule has 0 spiro atoms. The molecule has 2 unspecified atom stereocenters. The smallest absolute Gasteiger partial charge is 0.225 e. The second-order valence-corrected chi connectivity index (χ2v) is 7.91. The summed E-state index contributed by atoms with van der Waals surface area (Å²) in [5.41, 5.74) is 19.7. The summed E-state index contributed by atoms with van der Waals surface area (Å²) in [4.78, 5) is 11.9. The van der Waals surface area contributed by atoms with Gasteiger partial charge in [-0.2, -0.15) is 5.10 Å². The van der Waals surface area contributed by atoms with Gasteiger partial charge < -0.3 is 22.1 Å². The van der Waals surface area contributed by atoms with Crippen molar-refractivity contribution < 1.29 is 4.79 Å². The molecule has 1 amide bonds. The fourth-order valence-corrected chi connectivity index (χ4v) is 3.42. The third-order valence-electron chi connectivity index (χ3n) is 5.09. The van der Waals surface area contributed by atoms with Crippen molar-refractivity contribution in [3.8, 4) is 0 Å². The van der Waals surface area contributed by atoms with Gasteiger partial charge in [-0.15, -0.1) is 0 Å². The molecule has 7 nitrogen and oxygen atoms in total. The summed E-state index contributed by atoms with van der Waals surface area (Å²) in [6.07, 6.45) is 5.84. The summed E-state index contributed by atoms with van der Waals surface area (Å²) in [5, 5.41) is 10.3. The molecule has 0 saturated heterocycles. The van der Waals surface area contributed by atoms with Crippen LogP contribution < -0.4 is 27.5 Å². The zero-order chi connectivity index (χ0) is 23.2. The van der Waals surface area contributed by atoms with Crippen LogP contribution in [0.15, 0.2) is 41.1 Å². The zero-order valence-corrected chi connectivity index (χ0v) is 19.3. The molecule has 31 heavy (non-hydrogen) atoms. The van der Waals surface area contributed by atoms with E-state index in [1.54, 1.807) is 6.08 Å². The number of carbonyl (C=O) groups excluding carboxylic acids is 1. The van der Waals surface area contributed by atoms with Crippen LogP contribution in [0.3, 0.4) is 0 Å². The van der Waals surface area contributed by atoms with Gasteiger partial charge in [-0.3, -0.25) is 10.2 Å². The number of allylic oxidation sites excluding steroid dienone is 1. The van der Waals surface area contributed by atoms with Crippen LogP contribution in [0.4, 0.5) is 11.4 Å². The van der Waals surface area contributed by atoms with Gasteiger partial charge in [-0.05, 0) is 55.4 Å². The van der Waals surface area contributed by atoms with Crippen LogP contribution >= 0.6 is 0 Å². The largest absolute Gasteiger partial charge is 0.384 e. The predicted octanol–water partition coefficient (Wildman–Crippen LogP) is 4.05. The number of amides is 1. The van der Waals surface area contributed by atoms with E-state index in [1.807, 2.05) is 25.1 Å². The van der Waals surface area contributed by atoms with Gasteiger partial charge in [0.25, 0.3) is 0 Å². The lowest BCUT2D eigenvalue weighted by atomic mass is 9.91. The molecule has 0 heterocycles. The third kappa shape index (κ3) is 9.36. The minimum atomic E-state index is -0.0958. The van der Waals surface area contributed by atoms with E-state index in [1.165, 1.54) is 5.57 Å². The average Bonchev–Trinajstić information content (AvgIpc) is 2.72. The van der Waals surface area contributed by atoms with Gasteiger partial charge in [0.1, 0.15) is 0 Å². The van der Waals surface area contributed by atoms with Gasteiger partial charge in [0.15, 0.2) is 0 Å². The van der Waals surface area contributed by atoms with E-state index in [0.29, 0.717) is 13.0 Å². The van der Waals surface area contributed by atoms with Crippen LogP contribution in [-0.4, -0.2) is 31.8 Å². The second kappa shape index (κ2) is 14.4. The lowest BCUT2D eigenvalue weighted by Crippen LogP contribution is -2.22. The Balaban J connectivity index is 3.04. The van der Waals surface area contributed by atoms with Gasteiger partial charge in [0, 0.05) is 49.3 Å². The van der Waals surface area contributed by atoms with Crippen LogP contribution in [-0.2, 0) is 4.79 Å². The second-order valence-electron chi connectivity index (χ2n) is 7.91. The number of carbonyl (C=O) groups is 1. The third-order valence-corrected chi connectivity index (χ3v) is 5.09. The number of hydrazone groups is 1. The Morgan fingerprint density at radius 1 is 1.26 bits per heavy atom. The Morgan fingerprint density at radius 2 is 2.00 bits per heavy atom. The van der Waals surface area contributed by atoms with Crippen LogP contribution in [0.25, 0.3) is 6.08 Å². The van der Waals surface area contributed by atoms with Crippen LogP contribution in [0.1, 0.15) is 58.4 Å². The molecular formula is C24H40N6O. The van der Waals surface area contributed by atoms with Gasteiger partial charge in [-0.1, -0.05) is 39.0 Å². The van der Waals surface area contributed by atoms with E-state index in [2.05, 4.69) is 48.3 Å². The zero-order valence-electron chi connectivity index (χ0n) is 19.3. The maximum Gasteiger partial charge on any atom is 0.225 e. The molecule has 1 aromatic carbocycles. The van der Waals surface area contributed by atoms with Crippen LogP contribution in [0.5, 0.6) is 0 Å².